The largest absolute Gasteiger partial charge is 0.363 e. The Morgan fingerprint density at radius 3 is 3.00 bits per heavy atom. The summed E-state index contributed by atoms with van der Waals surface area (Å²) in [6, 6.07) is 1.87. The van der Waals surface area contributed by atoms with Crippen LogP contribution in [0.1, 0.15) is 10.6 Å². The lowest BCUT2D eigenvalue weighted by Gasteiger charge is -1.99. The molecule has 14 heavy (non-hydrogen) atoms. The zero-order valence-electron chi connectivity index (χ0n) is 7.44. The van der Waals surface area contributed by atoms with Crippen molar-refractivity contribution in [3.8, 4) is 0 Å². The minimum atomic E-state index is -0.614. The molecule has 2 aromatic rings. The van der Waals surface area contributed by atoms with Gasteiger partial charge in [-0.15, -0.1) is 11.8 Å². The van der Waals surface area contributed by atoms with Gasteiger partial charge < -0.3 is 10.7 Å². The van der Waals surface area contributed by atoms with Crippen LogP contribution in [0.4, 0.5) is 0 Å². The first-order valence-corrected chi connectivity index (χ1v) is 5.14. The molecule has 0 aliphatic heterocycles. The number of aromatic nitrogens is 3. The summed E-state index contributed by atoms with van der Waals surface area (Å²) >= 11 is 1.46. The topological polar surface area (TPSA) is 84.7 Å². The van der Waals surface area contributed by atoms with Crippen molar-refractivity contribution in [1.29, 1.82) is 0 Å². The third-order valence-corrected chi connectivity index (χ3v) is 2.49. The quantitative estimate of drug-likeness (QED) is 0.564. The van der Waals surface area contributed by atoms with E-state index in [-0.39, 0.29) is 5.82 Å². The molecule has 0 radical (unpaired) electrons. The van der Waals surface area contributed by atoms with Gasteiger partial charge in [0.05, 0.1) is 5.39 Å². The van der Waals surface area contributed by atoms with Crippen molar-refractivity contribution in [2.45, 2.75) is 5.03 Å². The summed E-state index contributed by atoms with van der Waals surface area (Å²) in [7, 11) is 0. The summed E-state index contributed by atoms with van der Waals surface area (Å²) in [6.07, 6.45) is 3.64. The summed E-state index contributed by atoms with van der Waals surface area (Å²) in [4.78, 5) is 21.9. The Bertz CT molecular complexity index is 493. The van der Waals surface area contributed by atoms with E-state index in [1.165, 1.54) is 11.8 Å². The smallest absolute Gasteiger partial charge is 0.286 e. The SMILES string of the molecule is CSc1nc(C(N)=O)nc2[nH]ccc12. The number of carbonyl (C=O) groups is 1. The van der Waals surface area contributed by atoms with Gasteiger partial charge in [0.15, 0.2) is 0 Å². The Balaban J connectivity index is 2.73. The second-order valence-electron chi connectivity index (χ2n) is 2.66. The predicted octanol–water partition coefficient (Wildman–Crippen LogP) is 0.779. The number of nitrogens with one attached hydrogen (secondary N) is 1. The molecular formula is C8H8N4OS. The number of hydrogen-bond donors (Lipinski definition) is 2. The Kier molecular flexibility index (Phi) is 2.12. The number of primary amides is 1. The normalized spacial score (nSPS) is 10.6. The minimum absolute atomic E-state index is 0.0456. The number of fused-ring (bicyclic) bond motifs is 1. The summed E-state index contributed by atoms with van der Waals surface area (Å²) in [5.41, 5.74) is 5.75. The van der Waals surface area contributed by atoms with Crippen molar-refractivity contribution in [3.05, 3.63) is 18.1 Å². The molecule has 0 aliphatic carbocycles. The van der Waals surface area contributed by atoms with Gasteiger partial charge in [-0.25, -0.2) is 9.97 Å². The van der Waals surface area contributed by atoms with Crippen molar-refractivity contribution in [2.75, 3.05) is 6.26 Å². The molecule has 2 rings (SSSR count). The summed E-state index contributed by atoms with van der Waals surface area (Å²) < 4.78 is 0. The number of H-pyrrole nitrogens is 1. The van der Waals surface area contributed by atoms with Gasteiger partial charge in [-0.3, -0.25) is 4.79 Å². The number of nitrogens with two attached hydrogens (primary N) is 1. The molecule has 0 aliphatic rings. The van der Waals surface area contributed by atoms with Gasteiger partial charge in [0.25, 0.3) is 5.91 Å². The van der Waals surface area contributed by atoms with Gasteiger partial charge in [-0.2, -0.15) is 0 Å². The average molecular weight is 208 g/mol. The number of nitrogens with zero attached hydrogens (tertiary/aromatic N) is 2. The zero-order valence-corrected chi connectivity index (χ0v) is 8.26. The Morgan fingerprint density at radius 1 is 1.57 bits per heavy atom. The predicted molar refractivity (Wildman–Crippen MR) is 54.2 cm³/mol. The highest BCUT2D eigenvalue weighted by Gasteiger charge is 2.10. The summed E-state index contributed by atoms with van der Waals surface area (Å²) in [5, 5.41) is 1.66. The first-order valence-electron chi connectivity index (χ1n) is 3.91. The molecule has 3 N–H and O–H groups in total. The van der Waals surface area contributed by atoms with Crippen LogP contribution in [0.15, 0.2) is 17.3 Å². The molecule has 0 bridgehead atoms. The average Bonchev–Trinajstić information content (AvgIpc) is 2.63. The molecular weight excluding hydrogens is 200 g/mol. The van der Waals surface area contributed by atoms with Crippen LogP contribution in [0.5, 0.6) is 0 Å². The van der Waals surface area contributed by atoms with Crippen LogP contribution < -0.4 is 5.73 Å². The van der Waals surface area contributed by atoms with Gasteiger partial charge in [0, 0.05) is 6.20 Å². The van der Waals surface area contributed by atoms with Gasteiger partial charge in [-0.1, -0.05) is 0 Å². The number of thioether (sulfide) groups is 1. The van der Waals surface area contributed by atoms with E-state index in [0.29, 0.717) is 5.65 Å². The molecule has 2 heterocycles. The molecule has 0 atom stereocenters. The van der Waals surface area contributed by atoms with E-state index in [1.807, 2.05) is 12.3 Å². The Morgan fingerprint density at radius 2 is 2.36 bits per heavy atom. The van der Waals surface area contributed by atoms with Gasteiger partial charge in [-0.05, 0) is 12.3 Å². The van der Waals surface area contributed by atoms with Gasteiger partial charge in [0.1, 0.15) is 10.7 Å². The van der Waals surface area contributed by atoms with Crippen LogP contribution in [0.2, 0.25) is 0 Å². The number of carbonyl (C=O) groups excluding carboxylic acids is 1. The lowest BCUT2D eigenvalue weighted by molar-refractivity contribution is 0.0990. The molecule has 72 valence electrons. The highest BCUT2D eigenvalue weighted by Crippen LogP contribution is 2.22. The highest BCUT2D eigenvalue weighted by molar-refractivity contribution is 7.98. The molecule has 0 unspecified atom stereocenters. The zero-order chi connectivity index (χ0) is 10.1. The number of rotatable bonds is 2. The second kappa shape index (κ2) is 3.30. The standard InChI is InChI=1S/C8H8N4OS/c1-14-8-4-2-3-10-6(4)11-7(12-8)5(9)13/h2-3H,1H3,(H2,9,13)(H,10,11,12). The van der Waals surface area contributed by atoms with Crippen molar-refractivity contribution < 1.29 is 4.79 Å². The van der Waals surface area contributed by atoms with Crippen LogP contribution in [0.3, 0.4) is 0 Å². The molecule has 0 saturated heterocycles. The molecule has 2 aromatic heterocycles. The van der Waals surface area contributed by atoms with Crippen molar-refractivity contribution in [2.24, 2.45) is 5.73 Å². The van der Waals surface area contributed by atoms with Gasteiger partial charge >= 0.3 is 0 Å². The van der Waals surface area contributed by atoms with Crippen LogP contribution in [0.25, 0.3) is 11.0 Å². The first-order chi connectivity index (χ1) is 6.72. The molecule has 5 nitrogen and oxygen atoms in total. The van der Waals surface area contributed by atoms with Crippen LogP contribution in [-0.2, 0) is 0 Å². The van der Waals surface area contributed by atoms with Crippen LogP contribution in [0, 0.1) is 0 Å². The number of aromatic amines is 1. The molecule has 1 amide bonds. The fourth-order valence-electron chi connectivity index (χ4n) is 1.18. The maximum absolute atomic E-state index is 10.9. The van der Waals surface area contributed by atoms with E-state index in [4.69, 9.17) is 5.73 Å². The van der Waals surface area contributed by atoms with Gasteiger partial charge in [0.2, 0.25) is 5.82 Å². The fraction of sp³-hybridized carbons (Fsp3) is 0.125. The maximum atomic E-state index is 10.9. The van der Waals surface area contributed by atoms with E-state index < -0.39 is 5.91 Å². The lowest BCUT2D eigenvalue weighted by Crippen LogP contribution is -2.15. The summed E-state index contributed by atoms with van der Waals surface area (Å²) in [6.45, 7) is 0. The van der Waals surface area contributed by atoms with E-state index in [1.54, 1.807) is 6.20 Å². The van der Waals surface area contributed by atoms with E-state index in [0.717, 1.165) is 10.4 Å². The third-order valence-electron chi connectivity index (χ3n) is 1.79. The maximum Gasteiger partial charge on any atom is 0.286 e. The highest BCUT2D eigenvalue weighted by atomic mass is 32.2. The Labute approximate surface area is 84.1 Å². The number of amides is 1. The van der Waals surface area contributed by atoms with Crippen molar-refractivity contribution in [1.82, 2.24) is 15.0 Å². The molecule has 0 saturated carbocycles. The molecule has 0 fully saturated rings. The summed E-state index contributed by atoms with van der Waals surface area (Å²) in [5.74, 6) is -0.568. The van der Waals surface area contributed by atoms with Crippen LogP contribution >= 0.6 is 11.8 Å². The van der Waals surface area contributed by atoms with Crippen molar-refractivity contribution in [3.63, 3.8) is 0 Å². The van der Waals surface area contributed by atoms with Crippen molar-refractivity contribution >= 4 is 28.7 Å². The third kappa shape index (κ3) is 1.33. The number of hydrogen-bond acceptors (Lipinski definition) is 4. The monoisotopic (exact) mass is 208 g/mol. The lowest BCUT2D eigenvalue weighted by atomic mass is 10.4. The minimum Gasteiger partial charge on any atom is -0.363 e. The fourth-order valence-corrected chi connectivity index (χ4v) is 1.74. The van der Waals surface area contributed by atoms with E-state index in [2.05, 4.69) is 15.0 Å². The van der Waals surface area contributed by atoms with E-state index in [9.17, 15) is 4.79 Å². The second-order valence-corrected chi connectivity index (χ2v) is 3.46. The first kappa shape index (κ1) is 9.01. The molecule has 0 spiro atoms. The van der Waals surface area contributed by atoms with Crippen LogP contribution in [-0.4, -0.2) is 27.1 Å². The molecule has 6 heteroatoms. The Hall–Kier alpha value is -1.56. The molecule has 0 aromatic carbocycles. The van der Waals surface area contributed by atoms with E-state index >= 15 is 0 Å².